The van der Waals surface area contributed by atoms with Crippen LogP contribution in [0.5, 0.6) is 0 Å². The Morgan fingerprint density at radius 2 is 0.977 bits per heavy atom. The van der Waals surface area contributed by atoms with Crippen molar-refractivity contribution in [2.24, 2.45) is 0 Å². The van der Waals surface area contributed by atoms with Crippen molar-refractivity contribution >= 4 is 48.7 Å². The van der Waals surface area contributed by atoms with Gasteiger partial charge in [-0.25, -0.2) is 4.98 Å². The topological polar surface area (TPSA) is 16.1 Å². The Hall–Kier alpha value is -5.51. The summed E-state index contributed by atoms with van der Waals surface area (Å²) in [5, 5.41) is 2.50. The first-order chi connectivity index (χ1) is 21.8. The number of fused-ring (bicyclic) bond motifs is 3. The lowest BCUT2D eigenvalue weighted by atomic mass is 9.99. The molecule has 0 bridgehead atoms. The smallest absolute Gasteiger partial charge is 0.155 e. The van der Waals surface area contributed by atoms with Crippen LogP contribution in [0.3, 0.4) is 0 Å². The Labute approximate surface area is 261 Å². The maximum Gasteiger partial charge on any atom is 0.155 e. The van der Waals surface area contributed by atoms with Crippen LogP contribution in [0.4, 0.5) is 17.2 Å². The fourth-order valence-electron chi connectivity index (χ4n) is 5.99. The van der Waals surface area contributed by atoms with E-state index in [0.29, 0.717) is 0 Å². The van der Waals surface area contributed by atoms with Gasteiger partial charge in [0.25, 0.3) is 0 Å². The number of hydrogen-bond acceptors (Lipinski definition) is 3. The Morgan fingerprint density at radius 1 is 0.432 bits per heavy atom. The van der Waals surface area contributed by atoms with Crippen LogP contribution in [-0.4, -0.2) is 4.98 Å². The van der Waals surface area contributed by atoms with E-state index >= 15 is 0 Å². The van der Waals surface area contributed by atoms with Crippen molar-refractivity contribution in [2.75, 3.05) is 4.90 Å². The van der Waals surface area contributed by atoms with Gasteiger partial charge in [-0.15, -0.1) is 11.3 Å². The van der Waals surface area contributed by atoms with Crippen LogP contribution >= 0.6 is 11.3 Å². The van der Waals surface area contributed by atoms with E-state index in [1.165, 1.54) is 48.0 Å². The molecule has 8 rings (SSSR count). The highest BCUT2D eigenvalue weighted by atomic mass is 32.1. The van der Waals surface area contributed by atoms with Gasteiger partial charge in [0.15, 0.2) is 5.82 Å². The number of nitrogens with zero attached hydrogens (tertiary/aromatic N) is 2. The van der Waals surface area contributed by atoms with Crippen LogP contribution in [0.1, 0.15) is 0 Å². The standard InChI is InChI=1S/C41H28N2S/c1-3-11-29(12-4-1)30-19-21-31(22-20-30)32-23-25-34(26-24-32)43(38-17-9-7-15-35(38)33-13-5-2-6-14-33)41-40-37(27-28-42-41)36-16-8-10-18-39(36)44-40/h1-28H. The van der Waals surface area contributed by atoms with E-state index in [0.717, 1.165) is 22.8 Å². The number of para-hydroxylation sites is 1. The minimum Gasteiger partial charge on any atom is -0.293 e. The molecular formula is C41H28N2S. The number of rotatable bonds is 6. The third-order valence-electron chi connectivity index (χ3n) is 8.17. The number of thiophene rings is 1. The first-order valence-electron chi connectivity index (χ1n) is 14.8. The van der Waals surface area contributed by atoms with Gasteiger partial charge >= 0.3 is 0 Å². The molecule has 2 aromatic heterocycles. The maximum absolute atomic E-state index is 5.05. The molecule has 0 amide bonds. The third kappa shape index (κ3) is 4.74. The predicted molar refractivity (Wildman–Crippen MR) is 188 cm³/mol. The third-order valence-corrected chi connectivity index (χ3v) is 9.35. The average molecular weight is 581 g/mol. The molecule has 0 aliphatic carbocycles. The molecule has 2 heterocycles. The summed E-state index contributed by atoms with van der Waals surface area (Å²) in [6, 6.07) is 58.2. The van der Waals surface area contributed by atoms with Crippen LogP contribution in [0.25, 0.3) is 53.6 Å². The molecule has 208 valence electrons. The summed E-state index contributed by atoms with van der Waals surface area (Å²) in [5.41, 5.74) is 9.31. The Balaban J connectivity index is 1.27. The van der Waals surface area contributed by atoms with Gasteiger partial charge in [0.1, 0.15) is 0 Å². The number of aromatic nitrogens is 1. The summed E-state index contributed by atoms with van der Waals surface area (Å²) >= 11 is 1.80. The van der Waals surface area contributed by atoms with E-state index in [1.54, 1.807) is 11.3 Å². The van der Waals surface area contributed by atoms with Gasteiger partial charge in [-0.05, 0) is 58.1 Å². The molecule has 0 unspecified atom stereocenters. The van der Waals surface area contributed by atoms with Gasteiger partial charge in [0.05, 0.1) is 10.4 Å². The van der Waals surface area contributed by atoms with Gasteiger partial charge < -0.3 is 0 Å². The number of benzene rings is 6. The zero-order valence-corrected chi connectivity index (χ0v) is 24.8. The number of pyridine rings is 1. The van der Waals surface area contributed by atoms with E-state index in [4.69, 9.17) is 4.98 Å². The molecule has 0 saturated carbocycles. The molecule has 6 aromatic carbocycles. The average Bonchev–Trinajstić information content (AvgIpc) is 3.49. The summed E-state index contributed by atoms with van der Waals surface area (Å²) in [6.07, 6.45) is 1.94. The van der Waals surface area contributed by atoms with Crippen molar-refractivity contribution in [3.05, 3.63) is 170 Å². The van der Waals surface area contributed by atoms with Crippen LogP contribution in [-0.2, 0) is 0 Å². The van der Waals surface area contributed by atoms with Gasteiger partial charge in [-0.1, -0.05) is 133 Å². The molecule has 8 aromatic rings. The lowest BCUT2D eigenvalue weighted by molar-refractivity contribution is 1.21. The van der Waals surface area contributed by atoms with E-state index in [-0.39, 0.29) is 0 Å². The van der Waals surface area contributed by atoms with E-state index in [1.807, 2.05) is 6.20 Å². The number of anilines is 3. The fraction of sp³-hybridized carbons (Fsp3) is 0. The lowest BCUT2D eigenvalue weighted by Gasteiger charge is -2.27. The highest BCUT2D eigenvalue weighted by Gasteiger charge is 2.22. The molecular weight excluding hydrogens is 553 g/mol. The minimum absolute atomic E-state index is 0.937. The highest BCUT2D eigenvalue weighted by molar-refractivity contribution is 7.26. The zero-order chi connectivity index (χ0) is 29.3. The molecule has 0 fully saturated rings. The molecule has 0 atom stereocenters. The molecule has 44 heavy (non-hydrogen) atoms. The summed E-state index contributed by atoms with van der Waals surface area (Å²) in [6.45, 7) is 0. The molecule has 3 heteroatoms. The highest BCUT2D eigenvalue weighted by Crippen LogP contribution is 2.46. The molecule has 0 radical (unpaired) electrons. The zero-order valence-electron chi connectivity index (χ0n) is 24.0. The quantitative estimate of drug-likeness (QED) is 0.194. The molecule has 0 aliphatic heterocycles. The van der Waals surface area contributed by atoms with Crippen LogP contribution < -0.4 is 4.90 Å². The summed E-state index contributed by atoms with van der Waals surface area (Å²) in [4.78, 5) is 7.37. The Morgan fingerprint density at radius 3 is 1.68 bits per heavy atom. The summed E-state index contributed by atoms with van der Waals surface area (Å²) in [5.74, 6) is 0.937. The normalized spacial score (nSPS) is 11.2. The molecule has 0 aliphatic rings. The first kappa shape index (κ1) is 26.1. The molecule has 0 saturated heterocycles. The van der Waals surface area contributed by atoms with Gasteiger partial charge in [-0.2, -0.15) is 0 Å². The predicted octanol–water partition coefficient (Wildman–Crippen LogP) is 11.9. The Kier molecular flexibility index (Phi) is 6.71. The maximum atomic E-state index is 5.05. The van der Waals surface area contributed by atoms with Crippen LogP contribution in [0.2, 0.25) is 0 Å². The second-order valence-electron chi connectivity index (χ2n) is 10.8. The Bertz CT molecular complexity index is 2200. The van der Waals surface area contributed by atoms with E-state index in [9.17, 15) is 0 Å². The fourth-order valence-corrected chi connectivity index (χ4v) is 7.17. The first-order valence-corrected chi connectivity index (χ1v) is 15.6. The van der Waals surface area contributed by atoms with Crippen LogP contribution in [0, 0.1) is 0 Å². The summed E-state index contributed by atoms with van der Waals surface area (Å²) in [7, 11) is 0. The van der Waals surface area contributed by atoms with Crippen molar-refractivity contribution < 1.29 is 0 Å². The van der Waals surface area contributed by atoms with Gasteiger partial charge in [-0.3, -0.25) is 4.90 Å². The van der Waals surface area contributed by atoms with Gasteiger partial charge in [0.2, 0.25) is 0 Å². The molecule has 0 N–H and O–H groups in total. The van der Waals surface area contributed by atoms with E-state index < -0.39 is 0 Å². The second-order valence-corrected chi connectivity index (χ2v) is 11.9. The summed E-state index contributed by atoms with van der Waals surface area (Å²) < 4.78 is 2.44. The molecule has 2 nitrogen and oxygen atoms in total. The minimum atomic E-state index is 0.937. The van der Waals surface area contributed by atoms with Crippen molar-refractivity contribution in [2.45, 2.75) is 0 Å². The SMILES string of the molecule is c1ccc(-c2ccc(-c3ccc(N(c4ccccc4-c4ccccc4)c4nccc5c4sc4ccccc45)cc3)cc2)cc1. The van der Waals surface area contributed by atoms with Gasteiger partial charge in [0, 0.05) is 32.9 Å². The second kappa shape index (κ2) is 11.3. The number of hydrogen-bond donors (Lipinski definition) is 0. The van der Waals surface area contributed by atoms with Crippen molar-refractivity contribution in [1.82, 2.24) is 4.98 Å². The monoisotopic (exact) mass is 580 g/mol. The largest absolute Gasteiger partial charge is 0.293 e. The van der Waals surface area contributed by atoms with Crippen LogP contribution in [0.15, 0.2) is 170 Å². The lowest BCUT2D eigenvalue weighted by Crippen LogP contribution is -2.12. The van der Waals surface area contributed by atoms with Crippen molar-refractivity contribution in [1.29, 1.82) is 0 Å². The van der Waals surface area contributed by atoms with Crippen molar-refractivity contribution in [3.63, 3.8) is 0 Å². The molecule has 0 spiro atoms. The van der Waals surface area contributed by atoms with E-state index in [2.05, 4.69) is 169 Å². The van der Waals surface area contributed by atoms with Crippen molar-refractivity contribution in [3.8, 4) is 33.4 Å².